The molecule has 0 aliphatic carbocycles. The largest absolute Gasteiger partial charge is 0.437 e. The first-order valence-corrected chi connectivity index (χ1v) is 6.32. The third-order valence-corrected chi connectivity index (χ3v) is 3.63. The molecule has 2 N–H and O–H groups in total. The first kappa shape index (κ1) is 12.6. The molecule has 1 saturated heterocycles. The molecule has 0 spiro atoms. The minimum Gasteiger partial charge on any atom is -0.437 e. The molecule has 2 rings (SSSR count). The normalized spacial score (nSPS) is 25.1. The second-order valence-electron chi connectivity index (χ2n) is 4.84. The van der Waals surface area contributed by atoms with Crippen molar-refractivity contribution in [3.63, 3.8) is 0 Å². The molecule has 17 heavy (non-hydrogen) atoms. The van der Waals surface area contributed by atoms with Crippen LogP contribution in [0.2, 0.25) is 6.82 Å². The Labute approximate surface area is 103 Å². The van der Waals surface area contributed by atoms with Crippen LogP contribution in [0.3, 0.4) is 0 Å². The molecule has 1 fully saturated rings. The second kappa shape index (κ2) is 5.67. The summed E-state index contributed by atoms with van der Waals surface area (Å²) in [5, 5.41) is 19.1. The van der Waals surface area contributed by atoms with Crippen LogP contribution < -0.4 is 0 Å². The van der Waals surface area contributed by atoms with Gasteiger partial charge in [0.2, 0.25) is 0 Å². The summed E-state index contributed by atoms with van der Waals surface area (Å²) in [6.07, 6.45) is 2.96. The molecule has 1 aromatic carbocycles. The minimum atomic E-state index is -0.483. The molecule has 1 aromatic rings. The van der Waals surface area contributed by atoms with Gasteiger partial charge in [0.15, 0.2) is 0 Å². The van der Waals surface area contributed by atoms with Crippen LogP contribution in [-0.4, -0.2) is 40.7 Å². The van der Waals surface area contributed by atoms with Crippen molar-refractivity contribution in [2.75, 3.05) is 6.61 Å². The fourth-order valence-electron chi connectivity index (χ4n) is 2.87. The number of hydrogen-bond donors (Lipinski definition) is 2. The van der Waals surface area contributed by atoms with E-state index in [0.29, 0.717) is 6.04 Å². The quantitative estimate of drug-likeness (QED) is 0.767. The van der Waals surface area contributed by atoms with E-state index in [1.54, 1.807) is 6.82 Å². The van der Waals surface area contributed by atoms with Crippen molar-refractivity contribution in [2.24, 2.45) is 0 Å². The highest BCUT2D eigenvalue weighted by Crippen LogP contribution is 2.27. The van der Waals surface area contributed by atoms with E-state index in [1.807, 2.05) is 23.0 Å². The lowest BCUT2D eigenvalue weighted by Gasteiger charge is -2.30. The molecule has 0 aromatic heterocycles. The van der Waals surface area contributed by atoms with Gasteiger partial charge in [-0.3, -0.25) is 0 Å². The number of aliphatic hydroxyl groups is 1. The Morgan fingerprint density at radius 1 is 1.24 bits per heavy atom. The SMILES string of the molecule is CB(O)N1[C@H](CO)CC[C@H]1Cc1ccccc1. The lowest BCUT2D eigenvalue weighted by atomic mass is 9.82. The third-order valence-electron chi connectivity index (χ3n) is 3.63. The van der Waals surface area contributed by atoms with E-state index < -0.39 is 7.05 Å². The van der Waals surface area contributed by atoms with Crippen LogP contribution in [0.5, 0.6) is 0 Å². The Morgan fingerprint density at radius 3 is 2.47 bits per heavy atom. The summed E-state index contributed by atoms with van der Waals surface area (Å²) in [6, 6.07) is 10.8. The van der Waals surface area contributed by atoms with Crippen molar-refractivity contribution in [1.82, 2.24) is 4.81 Å². The van der Waals surface area contributed by atoms with Crippen LogP contribution in [0, 0.1) is 0 Å². The van der Waals surface area contributed by atoms with Crippen molar-refractivity contribution in [3.05, 3.63) is 35.9 Å². The molecule has 0 bridgehead atoms. The predicted molar refractivity (Wildman–Crippen MR) is 69.7 cm³/mol. The topological polar surface area (TPSA) is 43.7 Å². The Hall–Kier alpha value is -0.835. The van der Waals surface area contributed by atoms with E-state index in [1.165, 1.54) is 5.56 Å². The summed E-state index contributed by atoms with van der Waals surface area (Å²) >= 11 is 0. The smallest absolute Gasteiger partial charge is 0.376 e. The summed E-state index contributed by atoms with van der Waals surface area (Å²) < 4.78 is 0. The zero-order valence-electron chi connectivity index (χ0n) is 10.3. The van der Waals surface area contributed by atoms with Crippen molar-refractivity contribution in [2.45, 2.75) is 38.2 Å². The zero-order chi connectivity index (χ0) is 12.3. The maximum Gasteiger partial charge on any atom is 0.376 e. The van der Waals surface area contributed by atoms with E-state index in [-0.39, 0.29) is 12.6 Å². The van der Waals surface area contributed by atoms with Gasteiger partial charge < -0.3 is 14.9 Å². The Morgan fingerprint density at radius 2 is 1.88 bits per heavy atom. The molecule has 1 heterocycles. The fraction of sp³-hybridized carbons (Fsp3) is 0.538. The summed E-state index contributed by atoms with van der Waals surface area (Å²) in [7, 11) is -0.483. The number of benzene rings is 1. The number of hydrogen-bond acceptors (Lipinski definition) is 3. The van der Waals surface area contributed by atoms with Gasteiger partial charge in [-0.05, 0) is 31.6 Å². The van der Waals surface area contributed by atoms with E-state index in [0.717, 1.165) is 19.3 Å². The Kier molecular flexibility index (Phi) is 4.21. The van der Waals surface area contributed by atoms with Crippen LogP contribution in [0.1, 0.15) is 18.4 Å². The van der Waals surface area contributed by atoms with Crippen molar-refractivity contribution < 1.29 is 10.1 Å². The minimum absolute atomic E-state index is 0.115. The number of nitrogens with zero attached hydrogens (tertiary/aromatic N) is 1. The highest BCUT2D eigenvalue weighted by molar-refractivity contribution is 6.45. The van der Waals surface area contributed by atoms with Gasteiger partial charge in [0.05, 0.1) is 6.61 Å². The predicted octanol–water partition coefficient (Wildman–Crippen LogP) is 1.16. The van der Waals surface area contributed by atoms with Crippen LogP contribution >= 0.6 is 0 Å². The molecule has 3 nitrogen and oxygen atoms in total. The summed E-state index contributed by atoms with van der Waals surface area (Å²) in [5.41, 5.74) is 1.29. The van der Waals surface area contributed by atoms with E-state index in [2.05, 4.69) is 12.1 Å². The molecule has 4 heteroatoms. The van der Waals surface area contributed by atoms with Gasteiger partial charge in [-0.1, -0.05) is 30.3 Å². The van der Waals surface area contributed by atoms with Crippen LogP contribution in [0.15, 0.2) is 30.3 Å². The van der Waals surface area contributed by atoms with Crippen molar-refractivity contribution in [3.8, 4) is 0 Å². The van der Waals surface area contributed by atoms with Gasteiger partial charge in [-0.25, -0.2) is 0 Å². The molecule has 1 aliphatic heterocycles. The van der Waals surface area contributed by atoms with E-state index >= 15 is 0 Å². The fourth-order valence-corrected chi connectivity index (χ4v) is 2.87. The van der Waals surface area contributed by atoms with Crippen LogP contribution in [0.25, 0.3) is 0 Å². The third kappa shape index (κ3) is 2.89. The average molecular weight is 233 g/mol. The number of rotatable bonds is 4. The molecule has 0 amide bonds. The molecule has 1 aliphatic rings. The Bertz CT molecular complexity index is 345. The number of aliphatic hydroxyl groups excluding tert-OH is 1. The molecular weight excluding hydrogens is 213 g/mol. The van der Waals surface area contributed by atoms with Gasteiger partial charge in [-0.2, -0.15) is 0 Å². The van der Waals surface area contributed by atoms with E-state index in [9.17, 15) is 10.1 Å². The monoisotopic (exact) mass is 233 g/mol. The van der Waals surface area contributed by atoms with E-state index in [4.69, 9.17) is 0 Å². The van der Waals surface area contributed by atoms with Crippen molar-refractivity contribution in [1.29, 1.82) is 0 Å². The zero-order valence-corrected chi connectivity index (χ0v) is 10.3. The maximum atomic E-state index is 9.82. The average Bonchev–Trinajstić information content (AvgIpc) is 2.73. The first-order chi connectivity index (χ1) is 8.22. The van der Waals surface area contributed by atoms with Gasteiger partial charge in [-0.15, -0.1) is 0 Å². The van der Waals surface area contributed by atoms with Gasteiger partial charge in [0, 0.05) is 12.1 Å². The van der Waals surface area contributed by atoms with Gasteiger partial charge in [0.1, 0.15) is 0 Å². The molecule has 2 atom stereocenters. The molecule has 0 radical (unpaired) electrons. The summed E-state index contributed by atoms with van der Waals surface area (Å²) in [6.45, 7) is 1.92. The van der Waals surface area contributed by atoms with Crippen LogP contribution in [-0.2, 0) is 6.42 Å². The summed E-state index contributed by atoms with van der Waals surface area (Å²) in [4.78, 5) is 2.05. The highest BCUT2D eigenvalue weighted by atomic mass is 16.3. The highest BCUT2D eigenvalue weighted by Gasteiger charge is 2.36. The van der Waals surface area contributed by atoms with Gasteiger partial charge >= 0.3 is 7.05 Å². The van der Waals surface area contributed by atoms with Crippen LogP contribution in [0.4, 0.5) is 0 Å². The molecular formula is C13H20BNO2. The standard InChI is InChI=1S/C13H20BNO2/c1-14(17)15-12(7-8-13(15)10-16)9-11-5-3-2-4-6-11/h2-6,12-13,16-17H,7-10H2,1H3/t12-,13-/m0/s1. The summed E-state index contributed by atoms with van der Waals surface area (Å²) in [5.74, 6) is 0. The lowest BCUT2D eigenvalue weighted by molar-refractivity contribution is 0.182. The second-order valence-corrected chi connectivity index (χ2v) is 4.84. The van der Waals surface area contributed by atoms with Crippen molar-refractivity contribution >= 4 is 7.05 Å². The molecule has 0 unspecified atom stereocenters. The first-order valence-electron chi connectivity index (χ1n) is 6.32. The molecule has 0 saturated carbocycles. The lowest BCUT2D eigenvalue weighted by Crippen LogP contribution is -2.48. The maximum absolute atomic E-state index is 9.82. The van der Waals surface area contributed by atoms with Gasteiger partial charge in [0.25, 0.3) is 0 Å². The molecule has 92 valence electrons. The Balaban J connectivity index is 2.05.